The third kappa shape index (κ3) is 3.69. The van der Waals surface area contributed by atoms with E-state index in [-0.39, 0.29) is 23.6 Å². The summed E-state index contributed by atoms with van der Waals surface area (Å²) in [5.74, 6) is 0.900. The van der Waals surface area contributed by atoms with Gasteiger partial charge in [-0.1, -0.05) is 6.07 Å². The number of aryl methyl sites for hydroxylation is 1. The van der Waals surface area contributed by atoms with Crippen molar-refractivity contribution in [2.45, 2.75) is 32.7 Å². The molecule has 0 bridgehead atoms. The molecule has 2 amide bonds. The average molecular weight is 378 g/mol. The Kier molecular flexibility index (Phi) is 4.73. The van der Waals surface area contributed by atoms with Crippen molar-refractivity contribution >= 4 is 23.3 Å². The molecule has 2 aromatic heterocycles. The summed E-state index contributed by atoms with van der Waals surface area (Å²) in [5, 5.41) is 10.1. The minimum atomic E-state index is -0.359. The molecule has 0 spiro atoms. The Morgan fingerprint density at radius 3 is 2.71 bits per heavy atom. The van der Waals surface area contributed by atoms with Gasteiger partial charge in [-0.2, -0.15) is 5.10 Å². The highest BCUT2D eigenvalue weighted by Gasteiger charge is 2.30. The van der Waals surface area contributed by atoms with Crippen LogP contribution in [-0.2, 0) is 0 Å². The van der Waals surface area contributed by atoms with Crippen molar-refractivity contribution in [1.29, 1.82) is 0 Å². The summed E-state index contributed by atoms with van der Waals surface area (Å²) < 4.78 is 6.98. The van der Waals surface area contributed by atoms with E-state index in [1.807, 2.05) is 11.6 Å². The number of carbonyl (C=O) groups excluding carboxylic acids is 2. The van der Waals surface area contributed by atoms with Crippen molar-refractivity contribution in [2.24, 2.45) is 5.92 Å². The van der Waals surface area contributed by atoms with E-state index in [2.05, 4.69) is 22.7 Å². The van der Waals surface area contributed by atoms with E-state index < -0.39 is 0 Å². The van der Waals surface area contributed by atoms with Crippen molar-refractivity contribution in [1.82, 2.24) is 9.78 Å². The van der Waals surface area contributed by atoms with E-state index in [1.54, 1.807) is 42.6 Å². The van der Waals surface area contributed by atoms with Crippen LogP contribution in [0, 0.1) is 12.8 Å². The van der Waals surface area contributed by atoms with Crippen LogP contribution < -0.4 is 10.6 Å². The highest BCUT2D eigenvalue weighted by molar-refractivity contribution is 6.06. The molecule has 2 N–H and O–H groups in total. The molecule has 1 atom stereocenters. The van der Waals surface area contributed by atoms with Gasteiger partial charge in [0, 0.05) is 17.3 Å². The first kappa shape index (κ1) is 18.0. The molecule has 0 radical (unpaired) electrons. The molecule has 0 aliphatic heterocycles. The Morgan fingerprint density at radius 2 is 2.00 bits per heavy atom. The van der Waals surface area contributed by atoms with Crippen LogP contribution in [0.5, 0.6) is 0 Å². The number of carbonyl (C=O) groups is 2. The summed E-state index contributed by atoms with van der Waals surface area (Å²) in [4.78, 5) is 25.0. The third-order valence-electron chi connectivity index (χ3n) is 5.09. The summed E-state index contributed by atoms with van der Waals surface area (Å²) in [6.45, 7) is 3.99. The Balaban J connectivity index is 1.51. The number of anilines is 2. The van der Waals surface area contributed by atoms with Gasteiger partial charge < -0.3 is 15.1 Å². The Bertz CT molecular complexity index is 1000. The number of amides is 2. The van der Waals surface area contributed by atoms with Gasteiger partial charge in [-0.05, 0) is 62.4 Å². The molecule has 144 valence electrons. The number of nitrogens with one attached hydrogen (secondary N) is 2. The lowest BCUT2D eigenvalue weighted by Gasteiger charge is -2.16. The lowest BCUT2D eigenvalue weighted by molar-refractivity contribution is 0.0993. The van der Waals surface area contributed by atoms with Gasteiger partial charge in [0.15, 0.2) is 5.76 Å². The number of furan rings is 1. The normalized spacial score (nSPS) is 14.5. The Morgan fingerprint density at radius 1 is 1.18 bits per heavy atom. The van der Waals surface area contributed by atoms with Gasteiger partial charge in [0.2, 0.25) is 0 Å². The zero-order valence-corrected chi connectivity index (χ0v) is 15.8. The van der Waals surface area contributed by atoms with E-state index in [0.717, 1.165) is 5.56 Å². The fraction of sp³-hybridized carbons (Fsp3) is 0.286. The lowest BCUT2D eigenvalue weighted by atomic mass is 10.1. The number of rotatable bonds is 6. The lowest BCUT2D eigenvalue weighted by Crippen LogP contribution is -2.19. The molecular formula is C21H22N4O3. The predicted molar refractivity (Wildman–Crippen MR) is 105 cm³/mol. The van der Waals surface area contributed by atoms with Crippen LogP contribution in [0.2, 0.25) is 0 Å². The second-order valence-electron chi connectivity index (χ2n) is 7.15. The van der Waals surface area contributed by atoms with Crippen LogP contribution in [0.3, 0.4) is 0 Å². The fourth-order valence-electron chi connectivity index (χ4n) is 3.19. The summed E-state index contributed by atoms with van der Waals surface area (Å²) in [7, 11) is 0. The fourth-order valence-corrected chi connectivity index (χ4v) is 3.19. The predicted octanol–water partition coefficient (Wildman–Crippen LogP) is 4.26. The zero-order chi connectivity index (χ0) is 19.7. The second-order valence-corrected chi connectivity index (χ2v) is 7.15. The maximum Gasteiger partial charge on any atom is 0.291 e. The highest BCUT2D eigenvalue weighted by atomic mass is 16.3. The second kappa shape index (κ2) is 7.34. The first-order chi connectivity index (χ1) is 13.5. The van der Waals surface area contributed by atoms with Crippen LogP contribution in [0.4, 0.5) is 11.5 Å². The van der Waals surface area contributed by atoms with E-state index >= 15 is 0 Å². The minimum Gasteiger partial charge on any atom is -0.459 e. The molecule has 7 nitrogen and oxygen atoms in total. The monoisotopic (exact) mass is 378 g/mol. The van der Waals surface area contributed by atoms with Crippen molar-refractivity contribution in [3.8, 4) is 0 Å². The summed E-state index contributed by atoms with van der Waals surface area (Å²) in [6.07, 6.45) is 5.53. The molecule has 3 aromatic rings. The van der Waals surface area contributed by atoms with Crippen molar-refractivity contribution < 1.29 is 14.0 Å². The van der Waals surface area contributed by atoms with Gasteiger partial charge in [0.1, 0.15) is 5.82 Å². The molecule has 28 heavy (non-hydrogen) atoms. The van der Waals surface area contributed by atoms with E-state index in [1.165, 1.54) is 19.1 Å². The molecule has 7 heteroatoms. The smallest absolute Gasteiger partial charge is 0.291 e. The summed E-state index contributed by atoms with van der Waals surface area (Å²) >= 11 is 0. The third-order valence-corrected chi connectivity index (χ3v) is 5.09. The SMILES string of the molecule is Cc1ccc(C(=O)Nc2ccnn2C(C)C2CC2)cc1NC(=O)c1ccco1. The van der Waals surface area contributed by atoms with Crippen molar-refractivity contribution in [3.63, 3.8) is 0 Å². The van der Waals surface area contributed by atoms with Crippen LogP contribution in [0.25, 0.3) is 0 Å². The molecule has 0 saturated heterocycles. The largest absolute Gasteiger partial charge is 0.459 e. The molecule has 1 aromatic carbocycles. The molecular weight excluding hydrogens is 356 g/mol. The van der Waals surface area contributed by atoms with Gasteiger partial charge in [-0.3, -0.25) is 9.59 Å². The number of benzene rings is 1. The summed E-state index contributed by atoms with van der Waals surface area (Å²) in [6, 6.07) is 10.5. The van der Waals surface area contributed by atoms with Crippen LogP contribution >= 0.6 is 0 Å². The van der Waals surface area contributed by atoms with E-state index in [4.69, 9.17) is 4.42 Å². The maximum atomic E-state index is 12.8. The number of aromatic nitrogens is 2. The topological polar surface area (TPSA) is 89.2 Å². The molecule has 1 aliphatic rings. The maximum absolute atomic E-state index is 12.8. The van der Waals surface area contributed by atoms with Gasteiger partial charge in [-0.25, -0.2) is 4.68 Å². The number of hydrogen-bond acceptors (Lipinski definition) is 4. The van der Waals surface area contributed by atoms with Crippen molar-refractivity contribution in [3.05, 3.63) is 65.7 Å². The number of hydrogen-bond donors (Lipinski definition) is 2. The van der Waals surface area contributed by atoms with Gasteiger partial charge in [0.05, 0.1) is 18.5 Å². The van der Waals surface area contributed by atoms with Crippen LogP contribution in [-0.4, -0.2) is 21.6 Å². The molecule has 2 heterocycles. The first-order valence-corrected chi connectivity index (χ1v) is 9.33. The van der Waals surface area contributed by atoms with Crippen LogP contribution in [0.1, 0.15) is 52.3 Å². The minimum absolute atomic E-state index is 0.215. The zero-order valence-electron chi connectivity index (χ0n) is 15.8. The Hall–Kier alpha value is -3.35. The van der Waals surface area contributed by atoms with Crippen molar-refractivity contribution in [2.75, 3.05) is 10.6 Å². The molecule has 1 aliphatic carbocycles. The average Bonchev–Trinajstić information content (AvgIpc) is 3.18. The Labute approximate surface area is 162 Å². The van der Waals surface area contributed by atoms with Crippen LogP contribution in [0.15, 0.2) is 53.3 Å². The summed E-state index contributed by atoms with van der Waals surface area (Å²) in [5.41, 5.74) is 1.87. The molecule has 1 saturated carbocycles. The van der Waals surface area contributed by atoms with Gasteiger partial charge in [0.25, 0.3) is 11.8 Å². The first-order valence-electron chi connectivity index (χ1n) is 9.33. The quantitative estimate of drug-likeness (QED) is 0.671. The van der Waals surface area contributed by atoms with E-state index in [0.29, 0.717) is 23.0 Å². The van der Waals surface area contributed by atoms with Gasteiger partial charge in [-0.15, -0.1) is 0 Å². The standard InChI is InChI=1S/C21H22N4O3/c1-13-5-6-16(12-17(13)23-21(27)18-4-3-11-28-18)20(26)24-19-9-10-22-25(19)14(2)15-7-8-15/h3-6,9-12,14-15H,7-8H2,1-2H3,(H,23,27)(H,24,26). The molecule has 4 rings (SSSR count). The van der Waals surface area contributed by atoms with Gasteiger partial charge >= 0.3 is 0 Å². The molecule has 1 fully saturated rings. The number of nitrogens with zero attached hydrogens (tertiary/aromatic N) is 2. The molecule has 1 unspecified atom stereocenters. The highest BCUT2D eigenvalue weighted by Crippen LogP contribution is 2.40. The van der Waals surface area contributed by atoms with E-state index in [9.17, 15) is 9.59 Å².